The average Bonchev–Trinajstić information content (AvgIpc) is 3.22. The van der Waals surface area contributed by atoms with Crippen molar-refractivity contribution in [2.24, 2.45) is 5.10 Å². The summed E-state index contributed by atoms with van der Waals surface area (Å²) in [6.07, 6.45) is 1.48. The first-order valence-electron chi connectivity index (χ1n) is 9.49. The lowest BCUT2D eigenvalue weighted by Crippen LogP contribution is -2.17. The molecule has 0 bridgehead atoms. The number of benzene rings is 3. The van der Waals surface area contributed by atoms with E-state index in [2.05, 4.69) is 20.5 Å². The minimum atomic E-state index is -0.307. The number of H-pyrrole nitrogens is 1. The molecule has 0 aliphatic carbocycles. The largest absolute Gasteiger partial charge is 0.504 e. The van der Waals surface area contributed by atoms with E-state index < -0.39 is 0 Å². The van der Waals surface area contributed by atoms with Crippen LogP contribution in [0.3, 0.4) is 0 Å². The zero-order valence-electron chi connectivity index (χ0n) is 16.7. The summed E-state index contributed by atoms with van der Waals surface area (Å²) in [5, 5.41) is 14.4. The number of phenols is 1. The van der Waals surface area contributed by atoms with Crippen LogP contribution in [0.15, 0.2) is 77.0 Å². The molecule has 7 nitrogen and oxygen atoms in total. The van der Waals surface area contributed by atoms with Crippen LogP contribution in [0.4, 0.5) is 0 Å². The molecular formula is C23H20N4O3S. The number of nitrogens with zero attached hydrogens (tertiary/aromatic N) is 2. The summed E-state index contributed by atoms with van der Waals surface area (Å²) in [7, 11) is 1.47. The molecule has 0 radical (unpaired) electrons. The van der Waals surface area contributed by atoms with Gasteiger partial charge in [0, 0.05) is 11.3 Å². The fourth-order valence-corrected chi connectivity index (χ4v) is 3.75. The van der Waals surface area contributed by atoms with Gasteiger partial charge in [0.25, 0.3) is 5.91 Å². The van der Waals surface area contributed by atoms with Crippen molar-refractivity contribution >= 4 is 34.9 Å². The van der Waals surface area contributed by atoms with E-state index in [9.17, 15) is 9.90 Å². The summed E-state index contributed by atoms with van der Waals surface area (Å²) >= 11 is 1.61. The molecule has 0 aliphatic heterocycles. The van der Waals surface area contributed by atoms with Gasteiger partial charge in [-0.25, -0.2) is 10.4 Å². The fraction of sp³-hybridized carbons (Fsp3) is 0.0870. The van der Waals surface area contributed by atoms with Crippen LogP contribution >= 0.6 is 11.8 Å². The van der Waals surface area contributed by atoms with E-state index in [0.29, 0.717) is 16.9 Å². The van der Waals surface area contributed by atoms with E-state index in [1.807, 2.05) is 36.4 Å². The van der Waals surface area contributed by atoms with E-state index in [1.165, 1.54) is 19.4 Å². The highest BCUT2D eigenvalue weighted by atomic mass is 32.2. The maximum Gasteiger partial charge on any atom is 0.271 e. The van der Waals surface area contributed by atoms with Crippen molar-refractivity contribution in [2.45, 2.75) is 10.9 Å². The summed E-state index contributed by atoms with van der Waals surface area (Å²) < 4.78 is 5.05. The highest BCUT2D eigenvalue weighted by Gasteiger charge is 2.07. The van der Waals surface area contributed by atoms with Crippen molar-refractivity contribution in [1.82, 2.24) is 15.4 Å². The van der Waals surface area contributed by atoms with Crippen molar-refractivity contribution in [3.05, 3.63) is 83.4 Å². The van der Waals surface area contributed by atoms with Gasteiger partial charge >= 0.3 is 0 Å². The summed E-state index contributed by atoms with van der Waals surface area (Å²) in [6, 6.07) is 20.1. The minimum Gasteiger partial charge on any atom is -0.504 e. The lowest BCUT2D eigenvalue weighted by Gasteiger charge is -2.04. The van der Waals surface area contributed by atoms with E-state index in [4.69, 9.17) is 4.74 Å². The van der Waals surface area contributed by atoms with Gasteiger partial charge in [0.15, 0.2) is 16.7 Å². The van der Waals surface area contributed by atoms with Crippen LogP contribution in [-0.2, 0) is 5.75 Å². The Morgan fingerprint density at radius 1 is 1.19 bits per heavy atom. The van der Waals surface area contributed by atoms with Gasteiger partial charge in [0.2, 0.25) is 0 Å². The van der Waals surface area contributed by atoms with E-state index in [1.54, 1.807) is 36.0 Å². The number of hydrazone groups is 1. The molecule has 1 amide bonds. The molecule has 4 aromatic rings. The number of imidazole rings is 1. The third-order valence-electron chi connectivity index (χ3n) is 4.54. The smallest absolute Gasteiger partial charge is 0.271 e. The number of amides is 1. The van der Waals surface area contributed by atoms with Crippen LogP contribution < -0.4 is 10.2 Å². The molecule has 0 aliphatic rings. The first-order chi connectivity index (χ1) is 15.1. The highest BCUT2D eigenvalue weighted by molar-refractivity contribution is 7.98. The Hall–Kier alpha value is -3.78. The molecule has 1 heterocycles. The fourth-order valence-electron chi connectivity index (χ4n) is 2.91. The molecular weight excluding hydrogens is 412 g/mol. The molecule has 0 unspecified atom stereocenters. The number of carbonyl (C=O) groups is 1. The molecule has 0 fully saturated rings. The van der Waals surface area contributed by atoms with Gasteiger partial charge in [0.05, 0.1) is 24.4 Å². The summed E-state index contributed by atoms with van der Waals surface area (Å²) in [4.78, 5) is 20.1. The van der Waals surface area contributed by atoms with Gasteiger partial charge < -0.3 is 14.8 Å². The number of carbonyl (C=O) groups excluding carboxylic acids is 1. The second-order valence-corrected chi connectivity index (χ2v) is 7.64. The van der Waals surface area contributed by atoms with Crippen molar-refractivity contribution in [2.75, 3.05) is 7.11 Å². The zero-order chi connectivity index (χ0) is 21.6. The van der Waals surface area contributed by atoms with Gasteiger partial charge in [-0.05, 0) is 53.6 Å². The number of methoxy groups -OCH3 is 1. The van der Waals surface area contributed by atoms with Crippen LogP contribution in [0, 0.1) is 0 Å². The SMILES string of the molecule is COc1cc(C=NNC(=O)c2ccc(CSc3nc4ccccc4[nH]3)cc2)ccc1O. The molecule has 8 heteroatoms. The Labute approximate surface area is 183 Å². The topological polar surface area (TPSA) is 99.6 Å². The molecule has 3 aromatic carbocycles. The predicted octanol–water partition coefficient (Wildman–Crippen LogP) is 4.33. The first-order valence-corrected chi connectivity index (χ1v) is 10.5. The number of hydrogen-bond donors (Lipinski definition) is 3. The van der Waals surface area contributed by atoms with Gasteiger partial charge in [0.1, 0.15) is 0 Å². The van der Waals surface area contributed by atoms with Crippen molar-refractivity contribution in [3.63, 3.8) is 0 Å². The standard InChI is InChI=1S/C23H20N4O3S/c1-30-21-12-16(8-11-20(21)28)13-24-27-22(29)17-9-6-15(7-10-17)14-31-23-25-18-4-2-3-5-19(18)26-23/h2-13,28H,14H2,1H3,(H,25,26)(H,27,29). The maximum atomic E-state index is 12.3. The third-order valence-corrected chi connectivity index (χ3v) is 5.49. The second-order valence-electron chi connectivity index (χ2n) is 6.68. The number of thioether (sulfide) groups is 1. The lowest BCUT2D eigenvalue weighted by atomic mass is 10.1. The number of rotatable bonds is 7. The summed E-state index contributed by atoms with van der Waals surface area (Å²) in [5.41, 5.74) is 6.75. The Morgan fingerprint density at radius 3 is 2.77 bits per heavy atom. The van der Waals surface area contributed by atoms with Gasteiger partial charge in [-0.15, -0.1) is 0 Å². The van der Waals surface area contributed by atoms with Crippen LogP contribution in [0.25, 0.3) is 11.0 Å². The monoisotopic (exact) mass is 432 g/mol. The number of aromatic hydroxyl groups is 1. The van der Waals surface area contributed by atoms with Crippen LogP contribution in [0.2, 0.25) is 0 Å². The van der Waals surface area contributed by atoms with Crippen molar-refractivity contribution in [3.8, 4) is 11.5 Å². The number of aromatic nitrogens is 2. The van der Waals surface area contributed by atoms with Gasteiger partial charge in [-0.1, -0.05) is 36.0 Å². The molecule has 0 atom stereocenters. The van der Waals surface area contributed by atoms with Crippen LogP contribution in [-0.4, -0.2) is 34.3 Å². The number of para-hydroxylation sites is 2. The molecule has 0 spiro atoms. The van der Waals surface area contributed by atoms with E-state index >= 15 is 0 Å². The Balaban J connectivity index is 1.32. The number of phenolic OH excluding ortho intramolecular Hbond substituents is 1. The normalized spacial score (nSPS) is 11.1. The molecule has 31 heavy (non-hydrogen) atoms. The third kappa shape index (κ3) is 5.04. The molecule has 4 rings (SSSR count). The number of aromatic amines is 1. The number of hydrogen-bond acceptors (Lipinski definition) is 6. The summed E-state index contributed by atoms with van der Waals surface area (Å²) in [5.74, 6) is 0.815. The quantitative estimate of drug-likeness (QED) is 0.229. The van der Waals surface area contributed by atoms with E-state index in [-0.39, 0.29) is 11.7 Å². The Morgan fingerprint density at radius 2 is 2.00 bits per heavy atom. The molecule has 3 N–H and O–H groups in total. The zero-order valence-corrected chi connectivity index (χ0v) is 17.5. The maximum absolute atomic E-state index is 12.3. The Bertz CT molecular complexity index is 1200. The van der Waals surface area contributed by atoms with Crippen molar-refractivity contribution < 1.29 is 14.6 Å². The summed E-state index contributed by atoms with van der Waals surface area (Å²) in [6.45, 7) is 0. The molecule has 1 aromatic heterocycles. The predicted molar refractivity (Wildman–Crippen MR) is 122 cm³/mol. The van der Waals surface area contributed by atoms with Crippen molar-refractivity contribution in [1.29, 1.82) is 0 Å². The highest BCUT2D eigenvalue weighted by Crippen LogP contribution is 2.25. The van der Waals surface area contributed by atoms with Gasteiger partial charge in [-0.3, -0.25) is 4.79 Å². The second kappa shape index (κ2) is 9.36. The van der Waals surface area contributed by atoms with Crippen LogP contribution in [0.5, 0.6) is 11.5 Å². The lowest BCUT2D eigenvalue weighted by molar-refractivity contribution is 0.0955. The number of ether oxygens (including phenoxy) is 1. The first kappa shape index (κ1) is 20.5. The molecule has 156 valence electrons. The number of fused-ring (bicyclic) bond motifs is 1. The minimum absolute atomic E-state index is 0.0438. The molecule has 0 saturated carbocycles. The van der Waals surface area contributed by atoms with Crippen LogP contribution in [0.1, 0.15) is 21.5 Å². The average molecular weight is 433 g/mol. The van der Waals surface area contributed by atoms with E-state index in [0.717, 1.165) is 27.5 Å². The Kier molecular flexibility index (Phi) is 6.18. The number of nitrogens with one attached hydrogen (secondary N) is 2. The molecule has 0 saturated heterocycles. The van der Waals surface area contributed by atoms with Gasteiger partial charge in [-0.2, -0.15) is 5.10 Å².